The fraction of sp³-hybridized carbons (Fsp3) is 0.333. The Kier molecular flexibility index (Phi) is 6.70. The van der Waals surface area contributed by atoms with Crippen LogP contribution in [0.15, 0.2) is 0 Å². The Bertz CT molecular complexity index is 122. The standard InChI is InChI=1S/C3H2N2O2S2/c4-1-6-3-8-9-7-2-5/h3H2. The predicted octanol–water partition coefficient (Wildman–Crippen LogP) is 1.24. The van der Waals surface area contributed by atoms with Gasteiger partial charge in [-0.3, -0.25) is 0 Å². The summed E-state index contributed by atoms with van der Waals surface area (Å²) in [5.41, 5.74) is 0. The van der Waals surface area contributed by atoms with E-state index in [0.29, 0.717) is 0 Å². The third-order valence-corrected chi connectivity index (χ3v) is 1.53. The van der Waals surface area contributed by atoms with Crippen molar-refractivity contribution in [3.05, 3.63) is 0 Å². The van der Waals surface area contributed by atoms with E-state index >= 15 is 0 Å². The molecule has 0 fully saturated rings. The van der Waals surface area contributed by atoms with Crippen molar-refractivity contribution in [2.24, 2.45) is 0 Å². The molecule has 0 aromatic heterocycles. The van der Waals surface area contributed by atoms with E-state index in [1.165, 1.54) is 12.5 Å². The molecule has 0 aliphatic rings. The third-order valence-electron chi connectivity index (χ3n) is 0.291. The lowest BCUT2D eigenvalue weighted by Gasteiger charge is -1.89. The Balaban J connectivity index is 2.79. The first-order valence-electron chi connectivity index (χ1n) is 1.77. The molecule has 0 bridgehead atoms. The lowest BCUT2D eigenvalue weighted by molar-refractivity contribution is 0.342. The van der Waals surface area contributed by atoms with Crippen molar-refractivity contribution >= 4 is 21.9 Å². The molecule has 0 heterocycles. The Labute approximate surface area is 60.3 Å². The fourth-order valence-electron chi connectivity index (χ4n) is 0.109. The van der Waals surface area contributed by atoms with Crippen LogP contribution in [-0.4, -0.2) is 5.94 Å². The summed E-state index contributed by atoms with van der Waals surface area (Å²) in [6.07, 6.45) is 2.92. The van der Waals surface area contributed by atoms with E-state index in [1.807, 2.05) is 0 Å². The van der Waals surface area contributed by atoms with Gasteiger partial charge in [0.15, 0.2) is 5.94 Å². The maximum atomic E-state index is 7.82. The van der Waals surface area contributed by atoms with Gasteiger partial charge in [-0.15, -0.1) is 5.26 Å². The predicted molar refractivity (Wildman–Crippen MR) is 33.4 cm³/mol. The van der Waals surface area contributed by atoms with Crippen molar-refractivity contribution in [3.63, 3.8) is 0 Å². The van der Waals surface area contributed by atoms with Crippen LogP contribution in [0.25, 0.3) is 0 Å². The van der Waals surface area contributed by atoms with Gasteiger partial charge in [0.25, 0.3) is 6.26 Å². The molecule has 0 aliphatic carbocycles. The number of rotatable bonds is 4. The lowest BCUT2D eigenvalue weighted by Crippen LogP contribution is -1.75. The Morgan fingerprint density at radius 1 is 1.33 bits per heavy atom. The topological polar surface area (TPSA) is 66.0 Å². The SMILES string of the molecule is N#COCSSOC#N. The molecule has 0 aliphatic heterocycles. The van der Waals surface area contributed by atoms with Gasteiger partial charge in [0.05, 0.1) is 0 Å². The van der Waals surface area contributed by atoms with E-state index in [0.717, 1.165) is 21.9 Å². The fourth-order valence-corrected chi connectivity index (χ4v) is 0.826. The van der Waals surface area contributed by atoms with Gasteiger partial charge in [0, 0.05) is 0 Å². The normalized spacial score (nSPS) is 6.89. The van der Waals surface area contributed by atoms with Gasteiger partial charge in [-0.2, -0.15) is 5.26 Å². The van der Waals surface area contributed by atoms with Crippen LogP contribution < -0.4 is 0 Å². The molecule has 0 atom stereocenters. The first-order chi connectivity index (χ1) is 4.41. The van der Waals surface area contributed by atoms with Gasteiger partial charge >= 0.3 is 6.26 Å². The van der Waals surface area contributed by atoms with Gasteiger partial charge in [-0.1, -0.05) is 0 Å². The smallest absolute Gasteiger partial charge is 0.300 e. The zero-order valence-electron chi connectivity index (χ0n) is 4.23. The van der Waals surface area contributed by atoms with Gasteiger partial charge in [0.1, 0.15) is 11.1 Å². The summed E-state index contributed by atoms with van der Waals surface area (Å²) in [6.45, 7) is 0. The molecule has 0 aromatic carbocycles. The summed E-state index contributed by atoms with van der Waals surface area (Å²) in [6, 6.07) is 0. The van der Waals surface area contributed by atoms with E-state index in [4.69, 9.17) is 10.5 Å². The lowest BCUT2D eigenvalue weighted by atomic mass is 11.5. The van der Waals surface area contributed by atoms with Crippen molar-refractivity contribution in [1.29, 1.82) is 10.5 Å². The molecule has 9 heavy (non-hydrogen) atoms. The van der Waals surface area contributed by atoms with E-state index in [2.05, 4.69) is 8.92 Å². The van der Waals surface area contributed by atoms with E-state index < -0.39 is 0 Å². The largest absolute Gasteiger partial charge is 0.415 e. The van der Waals surface area contributed by atoms with Crippen molar-refractivity contribution in [2.75, 3.05) is 5.94 Å². The highest BCUT2D eigenvalue weighted by atomic mass is 33.1. The van der Waals surface area contributed by atoms with Crippen LogP contribution in [0.4, 0.5) is 0 Å². The third kappa shape index (κ3) is 7.28. The monoisotopic (exact) mass is 162 g/mol. The number of nitrogens with zero attached hydrogens (tertiary/aromatic N) is 2. The molecule has 0 saturated carbocycles. The first kappa shape index (κ1) is 8.28. The maximum Gasteiger partial charge on any atom is 0.300 e. The van der Waals surface area contributed by atoms with Gasteiger partial charge in [0.2, 0.25) is 0 Å². The molecule has 0 aromatic rings. The molecular formula is C3H2N2O2S2. The summed E-state index contributed by atoms with van der Waals surface area (Å²) < 4.78 is 8.41. The zero-order chi connectivity index (χ0) is 6.95. The molecule has 0 rings (SSSR count). The van der Waals surface area contributed by atoms with Crippen LogP contribution in [0.5, 0.6) is 0 Å². The molecule has 0 unspecified atom stereocenters. The van der Waals surface area contributed by atoms with Crippen molar-refractivity contribution in [2.45, 2.75) is 0 Å². The Morgan fingerprint density at radius 3 is 2.67 bits per heavy atom. The molecule has 0 amide bonds. The molecule has 0 saturated heterocycles. The average molecular weight is 162 g/mol. The summed E-state index contributed by atoms with van der Waals surface area (Å²) in [7, 11) is 1.13. The van der Waals surface area contributed by atoms with Gasteiger partial charge < -0.3 is 8.92 Å². The Morgan fingerprint density at radius 2 is 2.11 bits per heavy atom. The van der Waals surface area contributed by atoms with Crippen molar-refractivity contribution < 1.29 is 8.92 Å². The first-order valence-corrected chi connectivity index (χ1v) is 4.01. The molecule has 0 spiro atoms. The molecule has 4 nitrogen and oxygen atoms in total. The minimum absolute atomic E-state index is 0.197. The van der Waals surface area contributed by atoms with Crippen LogP contribution in [0.3, 0.4) is 0 Å². The van der Waals surface area contributed by atoms with Crippen molar-refractivity contribution in [1.82, 2.24) is 0 Å². The molecule has 0 radical (unpaired) electrons. The number of nitriles is 2. The van der Waals surface area contributed by atoms with Crippen LogP contribution in [0.2, 0.25) is 0 Å². The summed E-state index contributed by atoms with van der Waals surface area (Å²) >= 11 is 0.873. The summed E-state index contributed by atoms with van der Waals surface area (Å²) in [5, 5.41) is 15.6. The highest BCUT2D eigenvalue weighted by Gasteiger charge is 1.87. The van der Waals surface area contributed by atoms with Gasteiger partial charge in [-0.25, -0.2) is 0 Å². The second-order valence-corrected chi connectivity index (χ2v) is 2.60. The number of hydrogen-bond acceptors (Lipinski definition) is 6. The van der Waals surface area contributed by atoms with Crippen LogP contribution in [0, 0.1) is 23.0 Å². The summed E-state index contributed by atoms with van der Waals surface area (Å²) in [4.78, 5) is 0. The van der Waals surface area contributed by atoms with Crippen LogP contribution >= 0.6 is 21.9 Å². The van der Waals surface area contributed by atoms with E-state index in [-0.39, 0.29) is 5.94 Å². The maximum absolute atomic E-state index is 7.82. The zero-order valence-corrected chi connectivity index (χ0v) is 5.87. The molecular weight excluding hydrogens is 160 g/mol. The number of ether oxygens (including phenoxy) is 1. The summed E-state index contributed by atoms with van der Waals surface area (Å²) in [5.74, 6) is 0.197. The second kappa shape index (κ2) is 7.28. The Hall–Kier alpha value is -0.720. The number of hydrogen-bond donors (Lipinski definition) is 0. The minimum Gasteiger partial charge on any atom is -0.415 e. The minimum atomic E-state index is 0.197. The van der Waals surface area contributed by atoms with E-state index in [9.17, 15) is 0 Å². The van der Waals surface area contributed by atoms with Crippen molar-refractivity contribution in [3.8, 4) is 12.5 Å². The molecule has 6 heteroatoms. The van der Waals surface area contributed by atoms with E-state index in [1.54, 1.807) is 0 Å². The molecule has 0 N–H and O–H groups in total. The average Bonchev–Trinajstić information content (AvgIpc) is 1.89. The van der Waals surface area contributed by atoms with Crippen LogP contribution in [0.1, 0.15) is 0 Å². The highest BCUT2D eigenvalue weighted by Crippen LogP contribution is 2.20. The molecule has 48 valence electrons. The van der Waals surface area contributed by atoms with Gasteiger partial charge in [-0.05, 0) is 10.8 Å². The quantitative estimate of drug-likeness (QED) is 0.204. The second-order valence-electron chi connectivity index (χ2n) is 0.714. The highest BCUT2D eigenvalue weighted by molar-refractivity contribution is 8.74. The van der Waals surface area contributed by atoms with Crippen LogP contribution in [-0.2, 0) is 8.92 Å².